The summed E-state index contributed by atoms with van der Waals surface area (Å²) in [5.41, 5.74) is 2.99. The van der Waals surface area contributed by atoms with Crippen molar-refractivity contribution in [3.63, 3.8) is 0 Å². The van der Waals surface area contributed by atoms with Gasteiger partial charge in [-0.1, -0.05) is 30.0 Å². The van der Waals surface area contributed by atoms with Crippen molar-refractivity contribution >= 4 is 23.4 Å². The summed E-state index contributed by atoms with van der Waals surface area (Å²) in [5.74, 6) is 0.417. The summed E-state index contributed by atoms with van der Waals surface area (Å²) in [6, 6.07) is 14.2. The Morgan fingerprint density at radius 3 is 2.67 bits per heavy atom. The molecule has 138 valence electrons. The molecule has 3 aromatic rings. The van der Waals surface area contributed by atoms with Gasteiger partial charge in [-0.25, -0.2) is 4.39 Å². The van der Waals surface area contributed by atoms with Crippen molar-refractivity contribution in [3.8, 4) is 11.4 Å². The van der Waals surface area contributed by atoms with Gasteiger partial charge in [0.25, 0.3) is 0 Å². The van der Waals surface area contributed by atoms with Gasteiger partial charge in [0.05, 0.1) is 5.25 Å². The van der Waals surface area contributed by atoms with Gasteiger partial charge in [-0.3, -0.25) is 4.79 Å². The predicted octanol–water partition coefficient (Wildman–Crippen LogP) is 3.69. The van der Waals surface area contributed by atoms with Crippen molar-refractivity contribution in [2.75, 3.05) is 11.4 Å². The molecule has 0 bridgehead atoms. The van der Waals surface area contributed by atoms with Crippen LogP contribution in [0.25, 0.3) is 11.4 Å². The standard InChI is InChI=1S/C20H19FN4OS/c1-13(19(26)25-12-11-14-5-3-4-6-17(14)25)27-20-23-22-18(24(20)2)15-7-9-16(21)10-8-15/h3-10,13H,11-12H2,1-2H3/t13-/m1/s1. The highest BCUT2D eigenvalue weighted by molar-refractivity contribution is 8.00. The number of anilines is 1. The van der Waals surface area contributed by atoms with E-state index in [1.165, 1.54) is 29.5 Å². The summed E-state index contributed by atoms with van der Waals surface area (Å²) in [6.07, 6.45) is 0.887. The second-order valence-electron chi connectivity index (χ2n) is 6.50. The van der Waals surface area contributed by atoms with E-state index < -0.39 is 0 Å². The van der Waals surface area contributed by atoms with Crippen LogP contribution in [0.15, 0.2) is 53.7 Å². The molecule has 4 rings (SSSR count). The lowest BCUT2D eigenvalue weighted by Gasteiger charge is -2.21. The molecule has 0 fully saturated rings. The number of thioether (sulfide) groups is 1. The first-order valence-corrected chi connectivity index (χ1v) is 9.64. The summed E-state index contributed by atoms with van der Waals surface area (Å²) in [7, 11) is 1.85. The Kier molecular flexibility index (Phi) is 4.70. The number of halogens is 1. The van der Waals surface area contributed by atoms with Crippen LogP contribution in [0.1, 0.15) is 12.5 Å². The van der Waals surface area contributed by atoms with Gasteiger partial charge >= 0.3 is 0 Å². The van der Waals surface area contributed by atoms with Crippen LogP contribution in [0.3, 0.4) is 0 Å². The number of para-hydroxylation sites is 1. The molecule has 1 aliphatic rings. The quantitative estimate of drug-likeness (QED) is 0.646. The minimum Gasteiger partial charge on any atom is -0.311 e. The molecule has 0 aliphatic carbocycles. The zero-order chi connectivity index (χ0) is 19.0. The lowest BCUT2D eigenvalue weighted by molar-refractivity contribution is -0.117. The van der Waals surface area contributed by atoms with Gasteiger partial charge in [0.2, 0.25) is 5.91 Å². The number of fused-ring (bicyclic) bond motifs is 1. The molecule has 0 spiro atoms. The first-order chi connectivity index (χ1) is 13.0. The van der Waals surface area contributed by atoms with Crippen molar-refractivity contribution in [1.82, 2.24) is 14.8 Å². The average Bonchev–Trinajstić information content (AvgIpc) is 3.26. The Balaban J connectivity index is 1.51. The molecule has 2 heterocycles. The van der Waals surface area contributed by atoms with Crippen molar-refractivity contribution in [1.29, 1.82) is 0 Å². The molecule has 0 unspecified atom stereocenters. The zero-order valence-electron chi connectivity index (χ0n) is 15.1. The van der Waals surface area contributed by atoms with Gasteiger partial charge in [-0.15, -0.1) is 10.2 Å². The van der Waals surface area contributed by atoms with Crippen molar-refractivity contribution < 1.29 is 9.18 Å². The minimum absolute atomic E-state index is 0.0660. The van der Waals surface area contributed by atoms with Gasteiger partial charge in [0.1, 0.15) is 5.82 Å². The number of benzene rings is 2. The van der Waals surface area contributed by atoms with Crippen molar-refractivity contribution in [2.24, 2.45) is 7.05 Å². The number of hydrogen-bond acceptors (Lipinski definition) is 4. The predicted molar refractivity (Wildman–Crippen MR) is 104 cm³/mol. The fourth-order valence-corrected chi connectivity index (χ4v) is 4.14. The van der Waals surface area contributed by atoms with Crippen LogP contribution in [0.5, 0.6) is 0 Å². The molecule has 7 heteroatoms. The maximum Gasteiger partial charge on any atom is 0.240 e. The first-order valence-electron chi connectivity index (χ1n) is 8.76. The maximum atomic E-state index is 13.1. The third-order valence-corrected chi connectivity index (χ3v) is 5.84. The monoisotopic (exact) mass is 382 g/mol. The fourth-order valence-electron chi connectivity index (χ4n) is 3.26. The summed E-state index contributed by atoms with van der Waals surface area (Å²) < 4.78 is 15.0. The zero-order valence-corrected chi connectivity index (χ0v) is 15.9. The van der Waals surface area contributed by atoms with Crippen molar-refractivity contribution in [3.05, 3.63) is 59.9 Å². The molecule has 1 amide bonds. The van der Waals surface area contributed by atoms with E-state index in [2.05, 4.69) is 16.3 Å². The number of amides is 1. The molecule has 0 saturated carbocycles. The molecular formula is C20H19FN4OS. The van der Waals surface area contributed by atoms with E-state index in [0.717, 1.165) is 17.7 Å². The van der Waals surface area contributed by atoms with Crippen LogP contribution in [0.2, 0.25) is 0 Å². The number of aromatic nitrogens is 3. The Morgan fingerprint density at radius 2 is 1.89 bits per heavy atom. The maximum absolute atomic E-state index is 13.1. The van der Waals surface area contributed by atoms with Gasteiger partial charge in [-0.05, 0) is 49.2 Å². The molecule has 0 radical (unpaired) electrons. The highest BCUT2D eigenvalue weighted by Crippen LogP contribution is 2.32. The summed E-state index contributed by atoms with van der Waals surface area (Å²) in [5, 5.41) is 8.79. The van der Waals surface area contributed by atoms with E-state index in [-0.39, 0.29) is 17.0 Å². The lowest BCUT2D eigenvalue weighted by Crippen LogP contribution is -2.35. The molecule has 0 N–H and O–H groups in total. The fraction of sp³-hybridized carbons (Fsp3) is 0.250. The second kappa shape index (κ2) is 7.15. The van der Waals surface area contributed by atoms with E-state index in [0.29, 0.717) is 17.5 Å². The minimum atomic E-state index is -0.292. The normalized spacial score (nSPS) is 14.3. The van der Waals surface area contributed by atoms with Gasteiger partial charge in [-0.2, -0.15) is 0 Å². The van der Waals surface area contributed by atoms with E-state index in [1.54, 1.807) is 12.1 Å². The second-order valence-corrected chi connectivity index (χ2v) is 7.81. The summed E-state index contributed by atoms with van der Waals surface area (Å²) >= 11 is 1.38. The Morgan fingerprint density at radius 1 is 1.15 bits per heavy atom. The SMILES string of the molecule is C[C@@H](Sc1nnc(-c2ccc(F)cc2)n1C)C(=O)N1CCc2ccccc21. The van der Waals surface area contributed by atoms with Crippen LogP contribution in [-0.2, 0) is 18.3 Å². The largest absolute Gasteiger partial charge is 0.311 e. The van der Waals surface area contributed by atoms with Gasteiger partial charge in [0.15, 0.2) is 11.0 Å². The van der Waals surface area contributed by atoms with Crippen molar-refractivity contribution in [2.45, 2.75) is 23.8 Å². The van der Waals surface area contributed by atoms with E-state index in [4.69, 9.17) is 0 Å². The molecule has 1 aromatic heterocycles. The number of rotatable bonds is 4. The number of nitrogens with zero attached hydrogens (tertiary/aromatic N) is 4. The highest BCUT2D eigenvalue weighted by atomic mass is 32.2. The molecule has 1 aliphatic heterocycles. The third kappa shape index (κ3) is 3.35. The summed E-state index contributed by atoms with van der Waals surface area (Å²) in [4.78, 5) is 14.8. The smallest absolute Gasteiger partial charge is 0.240 e. The molecular weight excluding hydrogens is 363 g/mol. The Hall–Kier alpha value is -2.67. The van der Waals surface area contributed by atoms with Crippen LogP contribution in [0, 0.1) is 5.82 Å². The number of carbonyl (C=O) groups excluding carboxylic acids is 1. The Labute approximate surface area is 161 Å². The molecule has 0 saturated heterocycles. The van der Waals surface area contributed by atoms with E-state index in [9.17, 15) is 9.18 Å². The van der Waals surface area contributed by atoms with Gasteiger partial charge < -0.3 is 9.47 Å². The molecule has 2 aromatic carbocycles. The average molecular weight is 382 g/mol. The Bertz CT molecular complexity index is 986. The molecule has 27 heavy (non-hydrogen) atoms. The first kappa shape index (κ1) is 17.7. The van der Waals surface area contributed by atoms with Crippen LogP contribution in [0.4, 0.5) is 10.1 Å². The summed E-state index contributed by atoms with van der Waals surface area (Å²) in [6.45, 7) is 2.60. The van der Waals surface area contributed by atoms with Gasteiger partial charge in [0, 0.05) is 24.8 Å². The van der Waals surface area contributed by atoms with Crippen LogP contribution in [-0.4, -0.2) is 32.5 Å². The van der Waals surface area contributed by atoms with E-state index >= 15 is 0 Å². The molecule has 5 nitrogen and oxygen atoms in total. The topological polar surface area (TPSA) is 51.0 Å². The lowest BCUT2D eigenvalue weighted by atomic mass is 10.2. The number of hydrogen-bond donors (Lipinski definition) is 0. The van der Waals surface area contributed by atoms with Crippen LogP contribution >= 0.6 is 11.8 Å². The molecule has 1 atom stereocenters. The third-order valence-electron chi connectivity index (χ3n) is 4.72. The highest BCUT2D eigenvalue weighted by Gasteiger charge is 2.29. The van der Waals surface area contributed by atoms with E-state index in [1.807, 2.05) is 41.6 Å². The number of carbonyl (C=O) groups is 1. The van der Waals surface area contributed by atoms with Crippen LogP contribution < -0.4 is 4.90 Å².